The Morgan fingerprint density at radius 3 is 2.36 bits per heavy atom. The van der Waals surface area contributed by atoms with Crippen LogP contribution in [-0.2, 0) is 0 Å². The molecule has 130 valence electrons. The van der Waals surface area contributed by atoms with Gasteiger partial charge in [0.05, 0.1) is 0 Å². The van der Waals surface area contributed by atoms with Gasteiger partial charge in [-0.15, -0.1) is 6.54 Å². The second-order valence-electron chi connectivity index (χ2n) is 8.35. The Hall–Kier alpha value is -0.783. The fourth-order valence-corrected chi connectivity index (χ4v) is 3.57. The Kier molecular flexibility index (Phi) is 7.59. The number of likely N-dealkylation sites (tertiary alicyclic amines) is 1. The number of rotatable bonds is 5. The van der Waals surface area contributed by atoms with Crippen molar-refractivity contribution in [3.63, 3.8) is 0 Å². The van der Waals surface area contributed by atoms with Crippen LogP contribution in [0, 0.1) is 5.41 Å². The Balaban J connectivity index is 0.00000225. The quantitative estimate of drug-likeness (QED) is 0.771. The molecule has 2 aromatic carbocycles. The van der Waals surface area contributed by atoms with Crippen LogP contribution in [0.2, 0.25) is 0 Å². The first kappa shape index (κ1) is 20.5. The van der Waals surface area contributed by atoms with Crippen LogP contribution in [-0.4, -0.2) is 31.1 Å². The van der Waals surface area contributed by atoms with E-state index in [2.05, 4.69) is 68.1 Å². The van der Waals surface area contributed by atoms with Crippen LogP contribution in [0.25, 0.3) is 16.1 Å². The SMILES string of the molecule is CC(C)(C)C[N-][C@@H](CN1CCCCC1)c1cccc2ccccc12.[Li+]. The number of nitrogens with zero attached hydrogens (tertiary/aromatic N) is 2. The molecule has 3 heteroatoms. The molecule has 1 aliphatic rings. The molecule has 0 aliphatic carbocycles. The molecule has 1 fully saturated rings. The molecule has 0 amide bonds. The molecule has 0 unspecified atom stereocenters. The van der Waals surface area contributed by atoms with Crippen LogP contribution in [0.15, 0.2) is 42.5 Å². The molecular weight excluding hydrogens is 299 g/mol. The monoisotopic (exact) mass is 330 g/mol. The van der Waals surface area contributed by atoms with E-state index in [-0.39, 0.29) is 30.3 Å². The number of fused-ring (bicyclic) bond motifs is 1. The van der Waals surface area contributed by atoms with Crippen molar-refractivity contribution >= 4 is 10.8 Å². The zero-order valence-electron chi connectivity index (χ0n) is 16.5. The molecule has 0 radical (unpaired) electrons. The van der Waals surface area contributed by atoms with E-state index in [0.29, 0.717) is 0 Å². The first-order chi connectivity index (χ1) is 11.5. The molecule has 3 rings (SSSR count). The normalized spacial score (nSPS) is 17.2. The summed E-state index contributed by atoms with van der Waals surface area (Å²) in [5.41, 5.74) is 1.63. The van der Waals surface area contributed by atoms with Crippen LogP contribution in [0.1, 0.15) is 51.6 Å². The molecule has 0 saturated carbocycles. The first-order valence-corrected chi connectivity index (χ1v) is 9.39. The standard InChI is InChI=1S/C22H31N2.Li/c1-22(2,3)17-23-21(16-24-14-7-4-8-15-24)20-13-9-11-18-10-5-6-12-19(18)20;/h5-6,9-13,21H,4,7-8,14-17H2,1-3H3;/q-1;+1/t21-;/m0./s1. The van der Waals surface area contributed by atoms with Crippen LogP contribution in [0.5, 0.6) is 0 Å². The van der Waals surface area contributed by atoms with Crippen LogP contribution >= 0.6 is 0 Å². The van der Waals surface area contributed by atoms with Crippen molar-refractivity contribution in [1.29, 1.82) is 0 Å². The minimum absolute atomic E-state index is 0. The summed E-state index contributed by atoms with van der Waals surface area (Å²) in [7, 11) is 0. The van der Waals surface area contributed by atoms with Gasteiger partial charge in [-0.3, -0.25) is 0 Å². The molecule has 2 nitrogen and oxygen atoms in total. The Bertz CT molecular complexity index is 651. The molecule has 25 heavy (non-hydrogen) atoms. The van der Waals surface area contributed by atoms with Crippen molar-refractivity contribution in [2.45, 2.75) is 46.1 Å². The summed E-state index contributed by atoms with van der Waals surface area (Å²) in [6.45, 7) is 11.3. The van der Waals surface area contributed by atoms with Crippen LogP contribution in [0.3, 0.4) is 0 Å². The minimum atomic E-state index is 0. The van der Waals surface area contributed by atoms with Crippen molar-refractivity contribution in [2.24, 2.45) is 5.41 Å². The number of benzene rings is 2. The van der Waals surface area contributed by atoms with Crippen molar-refractivity contribution in [3.8, 4) is 0 Å². The summed E-state index contributed by atoms with van der Waals surface area (Å²) >= 11 is 0. The van der Waals surface area contributed by atoms with E-state index in [1.165, 1.54) is 48.7 Å². The van der Waals surface area contributed by atoms with Crippen molar-refractivity contribution in [3.05, 3.63) is 53.3 Å². The third-order valence-corrected chi connectivity index (χ3v) is 4.85. The molecule has 1 aliphatic heterocycles. The van der Waals surface area contributed by atoms with E-state index in [4.69, 9.17) is 5.32 Å². The first-order valence-electron chi connectivity index (χ1n) is 9.39. The molecule has 0 spiro atoms. The average Bonchev–Trinajstić information content (AvgIpc) is 2.58. The summed E-state index contributed by atoms with van der Waals surface area (Å²) in [5, 5.41) is 7.85. The fourth-order valence-electron chi connectivity index (χ4n) is 3.57. The zero-order valence-corrected chi connectivity index (χ0v) is 16.5. The van der Waals surface area contributed by atoms with Gasteiger partial charge in [-0.25, -0.2) is 0 Å². The van der Waals surface area contributed by atoms with Gasteiger partial charge in [-0.05, 0) is 43.2 Å². The van der Waals surface area contributed by atoms with Crippen molar-refractivity contribution in [1.82, 2.24) is 4.90 Å². The van der Waals surface area contributed by atoms with E-state index in [1.54, 1.807) is 0 Å². The second kappa shape index (κ2) is 9.24. The smallest absolute Gasteiger partial charge is 0.654 e. The number of hydrogen-bond acceptors (Lipinski definition) is 1. The van der Waals surface area contributed by atoms with Gasteiger partial charge in [0, 0.05) is 0 Å². The molecule has 1 atom stereocenters. The van der Waals surface area contributed by atoms with Gasteiger partial charge >= 0.3 is 18.9 Å². The summed E-state index contributed by atoms with van der Waals surface area (Å²) in [6.07, 6.45) is 4.05. The average molecular weight is 330 g/mol. The van der Waals surface area contributed by atoms with Gasteiger partial charge < -0.3 is 10.2 Å². The van der Waals surface area contributed by atoms with E-state index < -0.39 is 0 Å². The second-order valence-corrected chi connectivity index (χ2v) is 8.35. The maximum atomic E-state index is 5.17. The summed E-state index contributed by atoms with van der Waals surface area (Å²) in [4.78, 5) is 2.61. The fraction of sp³-hybridized carbons (Fsp3) is 0.545. The Morgan fingerprint density at radius 1 is 0.960 bits per heavy atom. The largest absolute Gasteiger partial charge is 1.00 e. The summed E-state index contributed by atoms with van der Waals surface area (Å²) in [5.74, 6) is 0. The minimum Gasteiger partial charge on any atom is -0.654 e. The zero-order chi connectivity index (χ0) is 17.0. The van der Waals surface area contributed by atoms with Crippen molar-refractivity contribution < 1.29 is 18.9 Å². The molecule has 2 aromatic rings. The molecule has 1 saturated heterocycles. The Labute approximate surface area is 165 Å². The van der Waals surface area contributed by atoms with Gasteiger partial charge in [-0.2, -0.15) is 0 Å². The maximum absolute atomic E-state index is 5.17. The number of piperidine rings is 1. The molecular formula is C22H31LiN2. The van der Waals surface area contributed by atoms with E-state index >= 15 is 0 Å². The van der Waals surface area contributed by atoms with E-state index in [1.807, 2.05) is 0 Å². The Morgan fingerprint density at radius 2 is 1.64 bits per heavy atom. The van der Waals surface area contributed by atoms with Gasteiger partial charge in [-0.1, -0.05) is 86.7 Å². The van der Waals surface area contributed by atoms with E-state index in [0.717, 1.165) is 13.1 Å². The van der Waals surface area contributed by atoms with Gasteiger partial charge in [0.15, 0.2) is 0 Å². The molecule has 0 N–H and O–H groups in total. The predicted octanol–water partition coefficient (Wildman–Crippen LogP) is 2.79. The van der Waals surface area contributed by atoms with Gasteiger partial charge in [0.2, 0.25) is 0 Å². The van der Waals surface area contributed by atoms with Crippen LogP contribution in [0.4, 0.5) is 0 Å². The molecule has 0 aromatic heterocycles. The summed E-state index contributed by atoms with van der Waals surface area (Å²) < 4.78 is 0. The summed E-state index contributed by atoms with van der Waals surface area (Å²) in [6, 6.07) is 15.7. The predicted molar refractivity (Wildman–Crippen MR) is 105 cm³/mol. The van der Waals surface area contributed by atoms with E-state index in [9.17, 15) is 0 Å². The van der Waals surface area contributed by atoms with Gasteiger partial charge in [0.1, 0.15) is 0 Å². The third kappa shape index (κ3) is 5.86. The molecule has 0 bridgehead atoms. The maximum Gasteiger partial charge on any atom is 1.00 e. The number of hydrogen-bond donors (Lipinski definition) is 0. The van der Waals surface area contributed by atoms with Gasteiger partial charge in [0.25, 0.3) is 0 Å². The van der Waals surface area contributed by atoms with Crippen LogP contribution < -0.4 is 18.9 Å². The van der Waals surface area contributed by atoms with Crippen molar-refractivity contribution in [2.75, 3.05) is 26.2 Å². The molecule has 1 heterocycles. The topological polar surface area (TPSA) is 17.3 Å². The third-order valence-electron chi connectivity index (χ3n) is 4.85.